The van der Waals surface area contributed by atoms with E-state index in [0.29, 0.717) is 40.9 Å². The van der Waals surface area contributed by atoms with E-state index in [0.717, 1.165) is 18.4 Å². The van der Waals surface area contributed by atoms with Crippen LogP contribution in [0, 0.1) is 0 Å². The van der Waals surface area contributed by atoms with Crippen LogP contribution in [0.25, 0.3) is 0 Å². The van der Waals surface area contributed by atoms with Crippen molar-refractivity contribution in [2.45, 2.75) is 33.0 Å². The van der Waals surface area contributed by atoms with Gasteiger partial charge in [-0.2, -0.15) is 0 Å². The van der Waals surface area contributed by atoms with Crippen LogP contribution < -0.4 is 14.8 Å². The molecule has 1 aliphatic rings. The number of nitrogens with one attached hydrogen (secondary N) is 1. The maximum absolute atomic E-state index is 12.2. The van der Waals surface area contributed by atoms with Crippen LogP contribution in [0.3, 0.4) is 0 Å². The summed E-state index contributed by atoms with van der Waals surface area (Å²) >= 11 is 6.10. The van der Waals surface area contributed by atoms with E-state index in [2.05, 4.69) is 12.2 Å². The van der Waals surface area contributed by atoms with Gasteiger partial charge < -0.3 is 24.3 Å². The molecule has 8 heteroatoms. The molecule has 2 aromatic carbocycles. The summed E-state index contributed by atoms with van der Waals surface area (Å²) in [6.07, 6.45) is 2.03. The molecule has 0 saturated carbocycles. The highest BCUT2D eigenvalue weighted by Gasteiger charge is 2.18. The Kier molecular flexibility index (Phi) is 7.93. The van der Waals surface area contributed by atoms with E-state index in [-0.39, 0.29) is 25.9 Å². The van der Waals surface area contributed by atoms with Gasteiger partial charge >= 0.3 is 5.97 Å². The van der Waals surface area contributed by atoms with E-state index < -0.39 is 5.97 Å². The molecule has 2 aromatic rings. The fraction of sp³-hybridized carbons (Fsp3) is 0.364. The average Bonchev–Trinajstić information content (AvgIpc) is 2.76. The normalized spacial score (nSPS) is 12.5. The van der Waals surface area contributed by atoms with Crippen molar-refractivity contribution in [3.8, 4) is 11.5 Å². The van der Waals surface area contributed by atoms with Crippen LogP contribution in [0.15, 0.2) is 36.4 Å². The summed E-state index contributed by atoms with van der Waals surface area (Å²) in [6, 6.07) is 10.2. The number of rotatable bonds is 9. The van der Waals surface area contributed by atoms with Crippen LogP contribution in [-0.2, 0) is 27.5 Å². The molecule has 1 aliphatic heterocycles. The zero-order chi connectivity index (χ0) is 21.3. The monoisotopic (exact) mass is 433 g/mol. The first-order valence-corrected chi connectivity index (χ1v) is 10.1. The first-order valence-electron chi connectivity index (χ1n) is 9.75. The lowest BCUT2D eigenvalue weighted by Crippen LogP contribution is -2.30. The zero-order valence-corrected chi connectivity index (χ0v) is 17.5. The second-order valence-electron chi connectivity index (χ2n) is 6.73. The maximum atomic E-state index is 12.2. The van der Waals surface area contributed by atoms with Gasteiger partial charge in [0, 0.05) is 21.7 Å². The highest BCUT2D eigenvalue weighted by atomic mass is 35.5. The number of halogens is 1. The summed E-state index contributed by atoms with van der Waals surface area (Å²) in [7, 11) is 0. The van der Waals surface area contributed by atoms with Crippen molar-refractivity contribution in [3.63, 3.8) is 0 Å². The number of amides is 1. The van der Waals surface area contributed by atoms with Crippen LogP contribution in [0.1, 0.15) is 41.3 Å². The fourth-order valence-electron chi connectivity index (χ4n) is 2.86. The largest absolute Gasteiger partial charge is 0.494 e. The first kappa shape index (κ1) is 21.9. The average molecular weight is 434 g/mol. The molecule has 1 heterocycles. The summed E-state index contributed by atoms with van der Waals surface area (Å²) in [5, 5.41) is 3.05. The molecule has 30 heavy (non-hydrogen) atoms. The van der Waals surface area contributed by atoms with Gasteiger partial charge in [0.1, 0.15) is 24.7 Å². The van der Waals surface area contributed by atoms with E-state index in [4.69, 9.17) is 30.5 Å². The summed E-state index contributed by atoms with van der Waals surface area (Å²) in [6.45, 7) is 2.99. The summed E-state index contributed by atoms with van der Waals surface area (Å²) in [5.74, 6) is 0.386. The molecule has 160 valence electrons. The molecular formula is C22H24ClNO6. The van der Waals surface area contributed by atoms with E-state index in [1.165, 1.54) is 0 Å². The lowest BCUT2D eigenvalue weighted by molar-refractivity contribution is -0.143. The Hall–Kier alpha value is -2.77. The second-order valence-corrected chi connectivity index (χ2v) is 7.17. The molecule has 0 saturated heterocycles. The topological polar surface area (TPSA) is 83.1 Å². The third kappa shape index (κ3) is 6.11. The number of esters is 1. The Balaban J connectivity index is 1.47. The molecule has 0 bridgehead atoms. The number of fused-ring (bicyclic) bond motifs is 1. The lowest BCUT2D eigenvalue weighted by atomic mass is 10.1. The molecule has 1 N–H and O–H groups in total. The minimum atomic E-state index is -0.566. The highest BCUT2D eigenvalue weighted by molar-refractivity contribution is 6.30. The number of carbonyl (C=O) groups is 2. The predicted octanol–water partition coefficient (Wildman–Crippen LogP) is 3.86. The Morgan fingerprint density at radius 1 is 1.20 bits per heavy atom. The predicted molar refractivity (Wildman–Crippen MR) is 111 cm³/mol. The van der Waals surface area contributed by atoms with Crippen molar-refractivity contribution in [3.05, 3.63) is 58.1 Å². The summed E-state index contributed by atoms with van der Waals surface area (Å²) < 4.78 is 21.5. The number of hydrogen-bond acceptors (Lipinski definition) is 6. The first-order chi connectivity index (χ1) is 14.6. The second kappa shape index (κ2) is 10.8. The molecule has 7 nitrogen and oxygen atoms in total. The minimum Gasteiger partial charge on any atom is -0.494 e. The Bertz CT molecular complexity index is 884. The van der Waals surface area contributed by atoms with Gasteiger partial charge in [0.2, 0.25) is 0 Å². The summed E-state index contributed by atoms with van der Waals surface area (Å²) in [5.41, 5.74) is 1.89. The molecule has 0 radical (unpaired) electrons. The maximum Gasteiger partial charge on any atom is 0.325 e. The molecule has 0 spiro atoms. The third-order valence-corrected chi connectivity index (χ3v) is 4.63. The van der Waals surface area contributed by atoms with Gasteiger partial charge in [0.05, 0.1) is 13.2 Å². The van der Waals surface area contributed by atoms with Gasteiger partial charge in [0.25, 0.3) is 5.91 Å². The van der Waals surface area contributed by atoms with Crippen LogP contribution >= 0.6 is 11.6 Å². The van der Waals surface area contributed by atoms with Crippen molar-refractivity contribution in [2.75, 3.05) is 19.9 Å². The Labute approximate surface area is 180 Å². The molecule has 0 unspecified atom stereocenters. The van der Waals surface area contributed by atoms with Crippen LogP contribution in [0.5, 0.6) is 11.5 Å². The summed E-state index contributed by atoms with van der Waals surface area (Å²) in [4.78, 5) is 24.3. The van der Waals surface area contributed by atoms with Gasteiger partial charge in [-0.25, -0.2) is 0 Å². The van der Waals surface area contributed by atoms with Crippen LogP contribution in [0.4, 0.5) is 0 Å². The van der Waals surface area contributed by atoms with E-state index in [1.54, 1.807) is 36.4 Å². The van der Waals surface area contributed by atoms with Crippen molar-refractivity contribution < 1.29 is 28.5 Å². The van der Waals surface area contributed by atoms with Gasteiger partial charge in [-0.1, -0.05) is 24.9 Å². The SMILES string of the molecule is CCCCOc1ccc(C(=O)NCC(=O)OCc2cc(Cl)cc3c2OCOC3)cc1. The van der Waals surface area contributed by atoms with Crippen LogP contribution in [0.2, 0.25) is 5.02 Å². The van der Waals surface area contributed by atoms with Crippen molar-refractivity contribution >= 4 is 23.5 Å². The highest BCUT2D eigenvalue weighted by Crippen LogP contribution is 2.32. The number of ether oxygens (including phenoxy) is 4. The molecule has 1 amide bonds. The lowest BCUT2D eigenvalue weighted by Gasteiger charge is -2.21. The minimum absolute atomic E-state index is 0.0125. The standard InChI is InChI=1S/C22H24ClNO6/c1-2-3-8-28-19-6-4-15(5-7-19)22(26)24-11-20(25)29-13-17-10-18(23)9-16-12-27-14-30-21(16)17/h4-7,9-10H,2-3,8,11-14H2,1H3,(H,24,26). The quantitative estimate of drug-likeness (QED) is 0.477. The smallest absolute Gasteiger partial charge is 0.325 e. The molecule has 3 rings (SSSR count). The van der Waals surface area contributed by atoms with E-state index in [1.807, 2.05) is 0 Å². The van der Waals surface area contributed by atoms with Crippen molar-refractivity contribution in [1.82, 2.24) is 5.32 Å². The molecule has 0 aromatic heterocycles. The molecule has 0 aliphatic carbocycles. The number of hydrogen-bond donors (Lipinski definition) is 1. The fourth-order valence-corrected chi connectivity index (χ4v) is 3.13. The number of benzene rings is 2. The van der Waals surface area contributed by atoms with E-state index in [9.17, 15) is 9.59 Å². The number of unbranched alkanes of at least 4 members (excludes halogenated alkanes) is 1. The van der Waals surface area contributed by atoms with Crippen molar-refractivity contribution in [2.24, 2.45) is 0 Å². The zero-order valence-electron chi connectivity index (χ0n) is 16.7. The third-order valence-electron chi connectivity index (χ3n) is 4.42. The number of carbonyl (C=O) groups excluding carboxylic acids is 2. The molecular weight excluding hydrogens is 410 g/mol. The van der Waals surface area contributed by atoms with E-state index >= 15 is 0 Å². The Morgan fingerprint density at radius 2 is 2.00 bits per heavy atom. The molecule has 0 fully saturated rings. The van der Waals surface area contributed by atoms with Crippen molar-refractivity contribution in [1.29, 1.82) is 0 Å². The van der Waals surface area contributed by atoms with Gasteiger partial charge in [-0.05, 0) is 42.8 Å². The van der Waals surface area contributed by atoms with Gasteiger partial charge in [-0.3, -0.25) is 9.59 Å². The molecule has 0 atom stereocenters. The Morgan fingerprint density at radius 3 is 2.77 bits per heavy atom. The van der Waals surface area contributed by atoms with Gasteiger partial charge in [0.15, 0.2) is 6.79 Å². The van der Waals surface area contributed by atoms with Gasteiger partial charge in [-0.15, -0.1) is 0 Å². The van der Waals surface area contributed by atoms with Crippen LogP contribution in [-0.4, -0.2) is 31.8 Å².